The summed E-state index contributed by atoms with van der Waals surface area (Å²) < 4.78 is 0. The van der Waals surface area contributed by atoms with Gasteiger partial charge in [0, 0.05) is 44.0 Å². The molecule has 2 aromatic heterocycles. The average molecular weight is 560 g/mol. The van der Waals surface area contributed by atoms with E-state index in [1.165, 1.54) is 28.7 Å². The number of hydrogen-bond acceptors (Lipinski definition) is 9. The SMILES string of the molecule is Cc1nc(N2CCN(Cc3ccc4c(c3)C(=O)N(N3CCC(=O)NC3=O)C4=O)CC2)c2c3c(sc2n1)CCCC3. The highest BCUT2D eigenvalue weighted by Gasteiger charge is 2.43. The van der Waals surface area contributed by atoms with Crippen LogP contribution in [0.2, 0.25) is 0 Å². The zero-order chi connectivity index (χ0) is 27.5. The maximum absolute atomic E-state index is 13.2. The monoisotopic (exact) mass is 559 g/mol. The third-order valence-electron chi connectivity index (χ3n) is 8.19. The number of rotatable bonds is 4. The first-order chi connectivity index (χ1) is 19.4. The Morgan fingerprint density at radius 2 is 1.68 bits per heavy atom. The van der Waals surface area contributed by atoms with Crippen molar-refractivity contribution in [1.29, 1.82) is 0 Å². The van der Waals surface area contributed by atoms with Gasteiger partial charge in [-0.15, -0.1) is 11.3 Å². The summed E-state index contributed by atoms with van der Waals surface area (Å²) in [5, 5.41) is 5.28. The summed E-state index contributed by atoms with van der Waals surface area (Å²) in [6.45, 7) is 5.97. The first-order valence-corrected chi connectivity index (χ1v) is 14.6. The summed E-state index contributed by atoms with van der Waals surface area (Å²) in [6, 6.07) is 4.52. The average Bonchev–Trinajstić information content (AvgIpc) is 3.43. The molecular weight excluding hydrogens is 530 g/mol. The van der Waals surface area contributed by atoms with Gasteiger partial charge in [-0.25, -0.2) is 19.8 Å². The smallest absolute Gasteiger partial charge is 0.343 e. The molecule has 0 spiro atoms. The van der Waals surface area contributed by atoms with Crippen molar-refractivity contribution in [2.75, 3.05) is 37.6 Å². The van der Waals surface area contributed by atoms with E-state index in [2.05, 4.69) is 15.1 Å². The predicted molar refractivity (Wildman–Crippen MR) is 148 cm³/mol. The Kier molecular flexibility index (Phi) is 6.04. The topological polar surface area (TPSA) is 119 Å². The first kappa shape index (κ1) is 25.1. The summed E-state index contributed by atoms with van der Waals surface area (Å²) in [6.07, 6.45) is 4.74. The summed E-state index contributed by atoms with van der Waals surface area (Å²) in [5.74, 6) is 0.356. The number of aryl methyl sites for hydroxylation is 3. The van der Waals surface area contributed by atoms with Crippen LogP contribution in [0.15, 0.2) is 18.2 Å². The quantitative estimate of drug-likeness (QED) is 0.485. The van der Waals surface area contributed by atoms with Crippen LogP contribution in [0.25, 0.3) is 10.2 Å². The Balaban J connectivity index is 1.05. The van der Waals surface area contributed by atoms with E-state index in [-0.39, 0.29) is 24.1 Å². The molecule has 1 N–H and O–H groups in total. The molecule has 2 saturated heterocycles. The number of carbonyl (C=O) groups is 4. The fourth-order valence-electron chi connectivity index (χ4n) is 6.19. The van der Waals surface area contributed by atoms with Crippen LogP contribution in [0.3, 0.4) is 0 Å². The summed E-state index contributed by atoms with van der Waals surface area (Å²) in [4.78, 5) is 66.9. The number of thiophene rings is 1. The Morgan fingerprint density at radius 3 is 2.48 bits per heavy atom. The second-order valence-electron chi connectivity index (χ2n) is 10.8. The number of carbonyl (C=O) groups excluding carboxylic acids is 4. The normalized spacial score (nSPS) is 19.9. The van der Waals surface area contributed by atoms with Crippen LogP contribution in [0, 0.1) is 6.92 Å². The van der Waals surface area contributed by atoms with E-state index in [0.717, 1.165) is 71.1 Å². The molecule has 1 aromatic carbocycles. The van der Waals surface area contributed by atoms with Gasteiger partial charge in [0.2, 0.25) is 5.91 Å². The lowest BCUT2D eigenvalue weighted by Crippen LogP contribution is -2.58. The molecule has 40 heavy (non-hydrogen) atoms. The van der Waals surface area contributed by atoms with Crippen molar-refractivity contribution in [3.63, 3.8) is 0 Å². The fourth-order valence-corrected chi connectivity index (χ4v) is 7.49. The van der Waals surface area contributed by atoms with E-state index in [9.17, 15) is 19.2 Å². The molecule has 5 amide bonds. The van der Waals surface area contributed by atoms with Crippen LogP contribution in [0.4, 0.5) is 10.6 Å². The molecule has 0 atom stereocenters. The molecule has 1 aliphatic carbocycles. The van der Waals surface area contributed by atoms with E-state index in [1.807, 2.05) is 24.3 Å². The van der Waals surface area contributed by atoms with Crippen molar-refractivity contribution in [2.24, 2.45) is 0 Å². The highest BCUT2D eigenvalue weighted by Crippen LogP contribution is 2.40. The highest BCUT2D eigenvalue weighted by molar-refractivity contribution is 7.19. The molecule has 0 bridgehead atoms. The molecule has 4 aliphatic rings. The van der Waals surface area contributed by atoms with E-state index < -0.39 is 23.8 Å². The molecule has 5 heterocycles. The Morgan fingerprint density at radius 1 is 0.900 bits per heavy atom. The third-order valence-corrected chi connectivity index (χ3v) is 9.37. The minimum Gasteiger partial charge on any atom is -0.353 e. The predicted octanol–water partition coefficient (Wildman–Crippen LogP) is 2.65. The van der Waals surface area contributed by atoms with Crippen LogP contribution in [0.1, 0.15) is 61.8 Å². The Hall–Kier alpha value is -3.90. The Bertz CT molecular complexity index is 1590. The van der Waals surface area contributed by atoms with Crippen molar-refractivity contribution in [2.45, 2.75) is 45.6 Å². The molecule has 0 radical (unpaired) electrons. The van der Waals surface area contributed by atoms with Gasteiger partial charge in [0.05, 0.1) is 23.1 Å². The Labute approximate surface area is 234 Å². The van der Waals surface area contributed by atoms with Gasteiger partial charge in [-0.2, -0.15) is 5.01 Å². The van der Waals surface area contributed by atoms with Crippen molar-refractivity contribution in [1.82, 2.24) is 30.2 Å². The molecule has 7 rings (SSSR count). The number of anilines is 1. The van der Waals surface area contributed by atoms with Crippen molar-refractivity contribution in [3.8, 4) is 0 Å². The summed E-state index contributed by atoms with van der Waals surface area (Å²) in [5.41, 5.74) is 2.93. The van der Waals surface area contributed by atoms with Gasteiger partial charge >= 0.3 is 6.03 Å². The zero-order valence-electron chi connectivity index (χ0n) is 22.2. The van der Waals surface area contributed by atoms with Gasteiger partial charge in [-0.05, 0) is 55.9 Å². The number of amides is 5. The minimum absolute atomic E-state index is 0.0143. The molecule has 206 valence electrons. The number of nitrogens with one attached hydrogen (secondary N) is 1. The highest BCUT2D eigenvalue weighted by atomic mass is 32.1. The lowest BCUT2D eigenvalue weighted by Gasteiger charge is -2.36. The number of fused-ring (bicyclic) bond motifs is 4. The van der Waals surface area contributed by atoms with Crippen LogP contribution >= 0.6 is 11.3 Å². The number of aromatic nitrogens is 2. The second kappa shape index (κ2) is 9.63. The molecule has 11 nitrogen and oxygen atoms in total. The molecule has 3 aliphatic heterocycles. The largest absolute Gasteiger partial charge is 0.353 e. The molecule has 0 unspecified atom stereocenters. The van der Waals surface area contributed by atoms with Gasteiger partial charge in [-0.3, -0.25) is 24.6 Å². The summed E-state index contributed by atoms with van der Waals surface area (Å²) in [7, 11) is 0. The van der Waals surface area contributed by atoms with Gasteiger partial charge in [0.25, 0.3) is 11.8 Å². The number of hydrazine groups is 1. The fraction of sp³-hybridized carbons (Fsp3) is 0.429. The third kappa shape index (κ3) is 4.13. The van der Waals surface area contributed by atoms with Crippen molar-refractivity contribution < 1.29 is 19.2 Å². The van der Waals surface area contributed by atoms with Crippen LogP contribution < -0.4 is 10.2 Å². The van der Waals surface area contributed by atoms with Crippen molar-refractivity contribution >= 4 is 51.1 Å². The van der Waals surface area contributed by atoms with Gasteiger partial charge in [0.1, 0.15) is 16.5 Å². The maximum atomic E-state index is 13.2. The zero-order valence-corrected chi connectivity index (χ0v) is 23.1. The molecule has 3 aromatic rings. The van der Waals surface area contributed by atoms with Crippen LogP contribution in [-0.4, -0.2) is 81.4 Å². The number of nitrogens with zero attached hydrogens (tertiary/aromatic N) is 6. The van der Waals surface area contributed by atoms with E-state index in [0.29, 0.717) is 6.54 Å². The molecule has 12 heteroatoms. The molecular formula is C28H29N7O4S. The van der Waals surface area contributed by atoms with Crippen molar-refractivity contribution in [3.05, 3.63) is 51.2 Å². The number of hydrogen-bond donors (Lipinski definition) is 1. The van der Waals surface area contributed by atoms with Crippen LogP contribution in [0.5, 0.6) is 0 Å². The van der Waals surface area contributed by atoms with Gasteiger partial charge < -0.3 is 4.90 Å². The molecule has 2 fully saturated rings. The number of urea groups is 1. The summed E-state index contributed by atoms with van der Waals surface area (Å²) >= 11 is 1.83. The van der Waals surface area contributed by atoms with Crippen LogP contribution in [-0.2, 0) is 24.2 Å². The van der Waals surface area contributed by atoms with E-state index in [1.54, 1.807) is 12.1 Å². The van der Waals surface area contributed by atoms with E-state index in [4.69, 9.17) is 9.97 Å². The van der Waals surface area contributed by atoms with E-state index >= 15 is 0 Å². The minimum atomic E-state index is -0.761. The van der Waals surface area contributed by atoms with Gasteiger partial charge in [0.15, 0.2) is 0 Å². The lowest BCUT2D eigenvalue weighted by atomic mass is 9.97. The second-order valence-corrected chi connectivity index (χ2v) is 11.9. The maximum Gasteiger partial charge on any atom is 0.343 e. The number of imide groups is 2. The first-order valence-electron chi connectivity index (χ1n) is 13.8. The number of piperazine rings is 1. The number of benzene rings is 1. The standard InChI is InChI=1S/C28H29N7O4S/c1-16-29-24(23-19-4-2-3-5-21(19)40-25(23)30-16)33-12-10-32(11-13-33)15-17-6-7-18-20(14-17)27(38)35(26(18)37)34-9-8-22(36)31-28(34)39/h6-7,14H,2-5,8-13,15H2,1H3,(H,31,36,39). The molecule has 0 saturated carbocycles. The lowest BCUT2D eigenvalue weighted by molar-refractivity contribution is -0.122. The van der Waals surface area contributed by atoms with Gasteiger partial charge in [-0.1, -0.05) is 6.07 Å².